The van der Waals surface area contributed by atoms with Crippen LogP contribution in [-0.4, -0.2) is 11.8 Å². The minimum atomic E-state index is -0.172. The van der Waals surface area contributed by atoms with Gasteiger partial charge in [0.2, 0.25) is 5.91 Å². The molecule has 0 bridgehead atoms. The minimum Gasteiger partial charge on any atom is -0.453 e. The van der Waals surface area contributed by atoms with Crippen molar-refractivity contribution in [1.82, 2.24) is 0 Å². The summed E-state index contributed by atoms with van der Waals surface area (Å²) in [5.74, 6) is 1.06. The zero-order valence-electron chi connectivity index (χ0n) is 11.6. The molecule has 0 unspecified atom stereocenters. The van der Waals surface area contributed by atoms with Crippen LogP contribution in [0.2, 0.25) is 0 Å². The zero-order chi connectivity index (χ0) is 15.1. The molecule has 1 heterocycles. The maximum absolute atomic E-state index is 12.4. The Morgan fingerprint density at radius 1 is 0.909 bits per heavy atom. The lowest BCUT2D eigenvalue weighted by molar-refractivity contribution is -0.115. The molecule has 1 aliphatic rings. The number of nitrogens with zero attached hydrogens (tertiary/aromatic N) is 1. The number of hydrogen-bond acceptors (Lipinski definition) is 2. The Balaban J connectivity index is 1.99. The lowest BCUT2D eigenvalue weighted by Crippen LogP contribution is -2.29. The van der Waals surface area contributed by atoms with Crippen LogP contribution in [0.25, 0.3) is 10.8 Å². The van der Waals surface area contributed by atoms with Crippen LogP contribution in [0, 0.1) is 0 Å². The van der Waals surface area contributed by atoms with Gasteiger partial charge in [0.1, 0.15) is 5.88 Å². The summed E-state index contributed by atoms with van der Waals surface area (Å²) < 4.78 is 5.97. The summed E-state index contributed by atoms with van der Waals surface area (Å²) in [5, 5.41) is 2.12. The van der Waals surface area contributed by atoms with Gasteiger partial charge in [-0.05, 0) is 35.0 Å². The number of rotatable bonds is 1. The summed E-state index contributed by atoms with van der Waals surface area (Å²) >= 11 is 5.80. The quantitative estimate of drug-likeness (QED) is 0.601. The second kappa shape index (κ2) is 5.04. The van der Waals surface area contributed by atoms with Crippen molar-refractivity contribution in [3.05, 3.63) is 60.7 Å². The summed E-state index contributed by atoms with van der Waals surface area (Å²) in [6.45, 7) is 0. The highest BCUT2D eigenvalue weighted by Gasteiger charge is 2.28. The van der Waals surface area contributed by atoms with Crippen LogP contribution in [-0.2, 0) is 4.79 Å². The molecule has 1 aliphatic heterocycles. The van der Waals surface area contributed by atoms with Crippen LogP contribution < -0.4 is 9.64 Å². The van der Waals surface area contributed by atoms with Gasteiger partial charge in [-0.2, -0.15) is 0 Å². The second-order valence-electron chi connectivity index (χ2n) is 5.10. The molecule has 0 saturated carbocycles. The smallest absolute Gasteiger partial charge is 0.246 e. The molecule has 108 valence electrons. The van der Waals surface area contributed by atoms with Gasteiger partial charge in [-0.1, -0.05) is 36.4 Å². The third-order valence-electron chi connectivity index (χ3n) is 3.76. The highest BCUT2D eigenvalue weighted by molar-refractivity contribution is 6.30. The van der Waals surface area contributed by atoms with Gasteiger partial charge in [0.25, 0.3) is 0 Å². The fourth-order valence-corrected chi connectivity index (χ4v) is 2.89. The van der Waals surface area contributed by atoms with E-state index in [0.29, 0.717) is 11.5 Å². The number of benzene rings is 3. The van der Waals surface area contributed by atoms with Crippen molar-refractivity contribution >= 4 is 39.7 Å². The van der Waals surface area contributed by atoms with E-state index in [0.717, 1.165) is 22.1 Å². The van der Waals surface area contributed by atoms with Crippen molar-refractivity contribution in [2.75, 3.05) is 10.8 Å². The van der Waals surface area contributed by atoms with Gasteiger partial charge in [-0.15, -0.1) is 11.6 Å². The Morgan fingerprint density at radius 3 is 2.36 bits per heavy atom. The van der Waals surface area contributed by atoms with Crippen LogP contribution >= 0.6 is 11.6 Å². The SMILES string of the molecule is O=C(CCl)N1c2ccccc2Oc2cc3ccccc3cc21. The van der Waals surface area contributed by atoms with E-state index in [1.807, 2.05) is 60.7 Å². The number of anilines is 2. The Hall–Kier alpha value is -2.52. The summed E-state index contributed by atoms with van der Waals surface area (Å²) in [6.07, 6.45) is 0. The number of carbonyl (C=O) groups is 1. The van der Waals surface area contributed by atoms with Gasteiger partial charge in [-0.25, -0.2) is 0 Å². The molecule has 1 amide bonds. The first-order valence-electron chi connectivity index (χ1n) is 6.96. The molecule has 22 heavy (non-hydrogen) atoms. The first kappa shape index (κ1) is 13.2. The van der Waals surface area contributed by atoms with E-state index in [-0.39, 0.29) is 11.8 Å². The molecular formula is C18H12ClNO2. The zero-order valence-corrected chi connectivity index (χ0v) is 12.4. The van der Waals surface area contributed by atoms with Gasteiger partial charge in [-0.3, -0.25) is 9.69 Å². The number of fused-ring (bicyclic) bond motifs is 3. The molecule has 0 atom stereocenters. The molecule has 0 saturated heterocycles. The van der Waals surface area contributed by atoms with Crippen molar-refractivity contribution in [2.45, 2.75) is 0 Å². The Kier molecular flexibility index (Phi) is 3.01. The highest BCUT2D eigenvalue weighted by Crippen LogP contribution is 2.47. The molecule has 0 spiro atoms. The summed E-state index contributed by atoms with van der Waals surface area (Å²) in [6, 6.07) is 19.4. The monoisotopic (exact) mass is 309 g/mol. The molecule has 4 rings (SSSR count). The van der Waals surface area contributed by atoms with E-state index in [4.69, 9.17) is 16.3 Å². The second-order valence-corrected chi connectivity index (χ2v) is 5.37. The van der Waals surface area contributed by atoms with Crippen molar-refractivity contribution in [3.8, 4) is 11.5 Å². The molecular weight excluding hydrogens is 298 g/mol. The van der Waals surface area contributed by atoms with Crippen molar-refractivity contribution in [2.24, 2.45) is 0 Å². The molecule has 3 nitrogen and oxygen atoms in total. The average Bonchev–Trinajstić information content (AvgIpc) is 2.57. The van der Waals surface area contributed by atoms with Crippen LogP contribution in [0.5, 0.6) is 11.5 Å². The number of amides is 1. The van der Waals surface area contributed by atoms with Crippen molar-refractivity contribution in [1.29, 1.82) is 0 Å². The Bertz CT molecular complexity index is 891. The van der Waals surface area contributed by atoms with Gasteiger partial charge < -0.3 is 4.74 Å². The number of hydrogen-bond donors (Lipinski definition) is 0. The molecule has 0 aromatic heterocycles. The predicted octanol–water partition coefficient (Wildman–Crippen LogP) is 4.85. The molecule has 3 aromatic rings. The Morgan fingerprint density at radius 2 is 1.59 bits per heavy atom. The van der Waals surface area contributed by atoms with Crippen LogP contribution in [0.15, 0.2) is 60.7 Å². The van der Waals surface area contributed by atoms with E-state index < -0.39 is 0 Å². The molecule has 3 aromatic carbocycles. The van der Waals surface area contributed by atoms with E-state index in [1.54, 1.807) is 4.90 Å². The van der Waals surface area contributed by atoms with E-state index in [1.165, 1.54) is 0 Å². The average molecular weight is 310 g/mol. The Labute approximate surface area is 132 Å². The standard InChI is InChI=1S/C18H12ClNO2/c19-11-18(21)20-14-7-3-4-8-16(14)22-17-10-13-6-2-1-5-12(13)9-15(17)20/h1-10H,11H2. The summed E-state index contributed by atoms with van der Waals surface area (Å²) in [4.78, 5) is 14.0. The number of ether oxygens (including phenoxy) is 1. The highest BCUT2D eigenvalue weighted by atomic mass is 35.5. The third kappa shape index (κ3) is 1.94. The minimum absolute atomic E-state index is 0.0827. The molecule has 0 radical (unpaired) electrons. The maximum atomic E-state index is 12.4. The molecule has 0 fully saturated rings. The maximum Gasteiger partial charge on any atom is 0.246 e. The van der Waals surface area contributed by atoms with Crippen LogP contribution in [0.4, 0.5) is 11.4 Å². The van der Waals surface area contributed by atoms with Gasteiger partial charge >= 0.3 is 0 Å². The number of para-hydroxylation sites is 2. The van der Waals surface area contributed by atoms with Crippen LogP contribution in [0.3, 0.4) is 0 Å². The van der Waals surface area contributed by atoms with Gasteiger partial charge in [0.05, 0.1) is 11.4 Å². The van der Waals surface area contributed by atoms with Crippen molar-refractivity contribution in [3.63, 3.8) is 0 Å². The van der Waals surface area contributed by atoms with E-state index in [2.05, 4.69) is 0 Å². The van der Waals surface area contributed by atoms with Gasteiger partial charge in [0.15, 0.2) is 11.5 Å². The topological polar surface area (TPSA) is 29.5 Å². The summed E-state index contributed by atoms with van der Waals surface area (Å²) in [7, 11) is 0. The molecule has 0 N–H and O–H groups in total. The largest absolute Gasteiger partial charge is 0.453 e. The predicted molar refractivity (Wildman–Crippen MR) is 88.3 cm³/mol. The van der Waals surface area contributed by atoms with Crippen molar-refractivity contribution < 1.29 is 9.53 Å². The fourth-order valence-electron chi connectivity index (χ4n) is 2.77. The fraction of sp³-hybridized carbons (Fsp3) is 0.0556. The molecule has 4 heteroatoms. The van der Waals surface area contributed by atoms with Gasteiger partial charge in [0, 0.05) is 0 Å². The third-order valence-corrected chi connectivity index (χ3v) is 3.99. The van der Waals surface area contributed by atoms with E-state index in [9.17, 15) is 4.79 Å². The first-order chi connectivity index (χ1) is 10.8. The summed E-state index contributed by atoms with van der Waals surface area (Å²) in [5.41, 5.74) is 1.44. The van der Waals surface area contributed by atoms with Crippen LogP contribution in [0.1, 0.15) is 0 Å². The number of alkyl halides is 1. The number of carbonyl (C=O) groups excluding carboxylic acids is 1. The lowest BCUT2D eigenvalue weighted by atomic mass is 10.1. The lowest BCUT2D eigenvalue weighted by Gasteiger charge is -2.31. The van der Waals surface area contributed by atoms with E-state index >= 15 is 0 Å². The first-order valence-corrected chi connectivity index (χ1v) is 7.50. The normalized spacial score (nSPS) is 12.5. The number of halogens is 1. The molecule has 0 aliphatic carbocycles.